The minimum absolute atomic E-state index is 0.308. The SMILES string of the molecule is CCc1cc(F)c(O)c(-c2cn[nH]c2N)c1. The molecule has 16 heavy (non-hydrogen) atoms. The van der Waals surface area contributed by atoms with E-state index in [-0.39, 0.29) is 0 Å². The minimum Gasteiger partial charge on any atom is -0.504 e. The summed E-state index contributed by atoms with van der Waals surface area (Å²) < 4.78 is 13.4. The van der Waals surface area contributed by atoms with Crippen LogP contribution in [-0.4, -0.2) is 15.3 Å². The minimum atomic E-state index is -0.644. The molecule has 2 aromatic rings. The third-order valence-electron chi connectivity index (χ3n) is 2.49. The van der Waals surface area contributed by atoms with Crippen LogP contribution in [0, 0.1) is 5.82 Å². The number of hydrogen-bond acceptors (Lipinski definition) is 3. The monoisotopic (exact) mass is 221 g/mol. The number of aryl methyl sites for hydroxylation is 1. The summed E-state index contributed by atoms with van der Waals surface area (Å²) in [6.45, 7) is 1.91. The maximum absolute atomic E-state index is 13.4. The molecule has 1 heterocycles. The molecule has 2 rings (SSSR count). The number of nitrogens with one attached hydrogen (secondary N) is 1. The first-order chi connectivity index (χ1) is 7.63. The zero-order chi connectivity index (χ0) is 11.7. The Hall–Kier alpha value is -2.04. The Morgan fingerprint density at radius 2 is 2.19 bits per heavy atom. The Balaban J connectivity index is 2.64. The van der Waals surface area contributed by atoms with Gasteiger partial charge in [-0.2, -0.15) is 5.10 Å². The first-order valence-electron chi connectivity index (χ1n) is 4.94. The van der Waals surface area contributed by atoms with Crippen molar-refractivity contribution in [2.24, 2.45) is 0 Å². The van der Waals surface area contributed by atoms with Crippen molar-refractivity contribution in [1.82, 2.24) is 10.2 Å². The molecule has 0 saturated carbocycles. The predicted octanol–water partition coefficient (Wildman–Crippen LogP) is 2.07. The number of aromatic nitrogens is 2. The fraction of sp³-hybridized carbons (Fsp3) is 0.182. The van der Waals surface area contributed by atoms with Crippen molar-refractivity contribution in [3.05, 3.63) is 29.7 Å². The standard InChI is InChI=1S/C11H12FN3O/c1-2-6-3-7(10(16)9(12)4-6)8-5-14-15-11(8)13/h3-5,16H,2H2,1H3,(H3,13,14,15). The Kier molecular flexibility index (Phi) is 2.52. The van der Waals surface area contributed by atoms with E-state index in [1.807, 2.05) is 6.92 Å². The van der Waals surface area contributed by atoms with Crippen molar-refractivity contribution in [2.45, 2.75) is 13.3 Å². The number of phenolic OH excluding ortho intramolecular Hbond substituents is 1. The zero-order valence-corrected chi connectivity index (χ0v) is 8.79. The molecule has 0 amide bonds. The Bertz CT molecular complexity index is 522. The third-order valence-corrected chi connectivity index (χ3v) is 2.49. The van der Waals surface area contributed by atoms with Gasteiger partial charge in [0.2, 0.25) is 0 Å². The molecule has 0 fully saturated rings. The number of H-pyrrole nitrogens is 1. The molecule has 0 aliphatic heterocycles. The summed E-state index contributed by atoms with van der Waals surface area (Å²) in [6, 6.07) is 3.02. The summed E-state index contributed by atoms with van der Waals surface area (Å²) in [5.41, 5.74) is 7.30. The van der Waals surface area contributed by atoms with E-state index in [0.29, 0.717) is 23.4 Å². The summed E-state index contributed by atoms with van der Waals surface area (Å²) in [5.74, 6) is -0.733. The van der Waals surface area contributed by atoms with Gasteiger partial charge in [-0.3, -0.25) is 5.10 Å². The van der Waals surface area contributed by atoms with E-state index in [2.05, 4.69) is 10.2 Å². The van der Waals surface area contributed by atoms with Gasteiger partial charge in [-0.1, -0.05) is 6.92 Å². The van der Waals surface area contributed by atoms with E-state index in [1.54, 1.807) is 6.07 Å². The second kappa shape index (κ2) is 3.84. The molecule has 0 aliphatic rings. The van der Waals surface area contributed by atoms with Gasteiger partial charge in [-0.05, 0) is 24.1 Å². The van der Waals surface area contributed by atoms with Crippen LogP contribution in [0.2, 0.25) is 0 Å². The Morgan fingerprint density at radius 3 is 2.75 bits per heavy atom. The molecule has 0 atom stereocenters. The lowest BCUT2D eigenvalue weighted by atomic mass is 10.0. The lowest BCUT2D eigenvalue weighted by Gasteiger charge is -2.07. The summed E-state index contributed by atoms with van der Waals surface area (Å²) in [5, 5.41) is 15.9. The normalized spacial score (nSPS) is 10.6. The van der Waals surface area contributed by atoms with Gasteiger partial charge in [-0.15, -0.1) is 0 Å². The van der Waals surface area contributed by atoms with Crippen molar-refractivity contribution in [3.8, 4) is 16.9 Å². The van der Waals surface area contributed by atoms with E-state index >= 15 is 0 Å². The molecule has 1 aromatic carbocycles. The van der Waals surface area contributed by atoms with Gasteiger partial charge >= 0.3 is 0 Å². The Labute approximate surface area is 91.9 Å². The summed E-state index contributed by atoms with van der Waals surface area (Å²) in [4.78, 5) is 0. The molecular formula is C11H12FN3O. The summed E-state index contributed by atoms with van der Waals surface area (Å²) in [6.07, 6.45) is 2.14. The number of halogens is 1. The smallest absolute Gasteiger partial charge is 0.165 e. The molecule has 0 unspecified atom stereocenters. The van der Waals surface area contributed by atoms with Gasteiger partial charge in [-0.25, -0.2) is 4.39 Å². The highest BCUT2D eigenvalue weighted by molar-refractivity contribution is 5.78. The molecule has 0 bridgehead atoms. The summed E-state index contributed by atoms with van der Waals surface area (Å²) in [7, 11) is 0. The highest BCUT2D eigenvalue weighted by Gasteiger charge is 2.14. The second-order valence-electron chi connectivity index (χ2n) is 3.52. The highest BCUT2D eigenvalue weighted by atomic mass is 19.1. The third kappa shape index (κ3) is 1.60. The molecule has 4 N–H and O–H groups in total. The molecule has 0 radical (unpaired) electrons. The van der Waals surface area contributed by atoms with Gasteiger partial charge in [0.05, 0.1) is 6.20 Å². The van der Waals surface area contributed by atoms with Gasteiger partial charge < -0.3 is 10.8 Å². The molecule has 0 aliphatic carbocycles. The average molecular weight is 221 g/mol. The molecular weight excluding hydrogens is 209 g/mol. The van der Waals surface area contributed by atoms with Gasteiger partial charge in [0.15, 0.2) is 11.6 Å². The highest BCUT2D eigenvalue weighted by Crippen LogP contribution is 2.34. The Morgan fingerprint density at radius 1 is 1.44 bits per heavy atom. The average Bonchev–Trinajstić information content (AvgIpc) is 2.68. The van der Waals surface area contributed by atoms with Crippen molar-refractivity contribution in [2.75, 3.05) is 5.73 Å². The topological polar surface area (TPSA) is 74.9 Å². The number of anilines is 1. The molecule has 4 nitrogen and oxygen atoms in total. The fourth-order valence-electron chi connectivity index (χ4n) is 1.58. The van der Waals surface area contributed by atoms with E-state index in [0.717, 1.165) is 5.56 Å². The molecule has 0 spiro atoms. The molecule has 1 aromatic heterocycles. The van der Waals surface area contributed by atoms with Crippen LogP contribution in [0.3, 0.4) is 0 Å². The number of aromatic amines is 1. The predicted molar refractivity (Wildman–Crippen MR) is 59.4 cm³/mol. The maximum atomic E-state index is 13.4. The summed E-state index contributed by atoms with van der Waals surface area (Å²) >= 11 is 0. The van der Waals surface area contributed by atoms with Crippen LogP contribution in [0.15, 0.2) is 18.3 Å². The lowest BCUT2D eigenvalue weighted by Crippen LogP contribution is -1.91. The van der Waals surface area contributed by atoms with Crippen molar-refractivity contribution < 1.29 is 9.50 Å². The van der Waals surface area contributed by atoms with Crippen LogP contribution in [0.5, 0.6) is 5.75 Å². The number of nitrogen functional groups attached to an aromatic ring is 1. The van der Waals surface area contributed by atoms with E-state index in [4.69, 9.17) is 5.73 Å². The number of nitrogens with two attached hydrogens (primary N) is 1. The fourth-order valence-corrected chi connectivity index (χ4v) is 1.58. The van der Waals surface area contributed by atoms with Crippen molar-refractivity contribution in [1.29, 1.82) is 0 Å². The van der Waals surface area contributed by atoms with Crippen LogP contribution in [0.4, 0.5) is 10.2 Å². The lowest BCUT2D eigenvalue weighted by molar-refractivity contribution is 0.434. The van der Waals surface area contributed by atoms with Crippen LogP contribution >= 0.6 is 0 Å². The second-order valence-corrected chi connectivity index (χ2v) is 3.52. The first kappa shape index (κ1) is 10.5. The van der Waals surface area contributed by atoms with Crippen LogP contribution < -0.4 is 5.73 Å². The van der Waals surface area contributed by atoms with Crippen LogP contribution in [0.1, 0.15) is 12.5 Å². The van der Waals surface area contributed by atoms with Gasteiger partial charge in [0.25, 0.3) is 0 Å². The zero-order valence-electron chi connectivity index (χ0n) is 8.79. The van der Waals surface area contributed by atoms with Gasteiger partial charge in [0.1, 0.15) is 5.82 Å². The largest absolute Gasteiger partial charge is 0.504 e. The number of hydrogen-bond donors (Lipinski definition) is 3. The molecule has 5 heteroatoms. The van der Waals surface area contributed by atoms with Crippen molar-refractivity contribution >= 4 is 5.82 Å². The van der Waals surface area contributed by atoms with E-state index in [1.165, 1.54) is 12.3 Å². The number of aromatic hydroxyl groups is 1. The first-order valence-corrected chi connectivity index (χ1v) is 4.94. The molecule has 0 saturated heterocycles. The number of benzene rings is 1. The van der Waals surface area contributed by atoms with Gasteiger partial charge in [0, 0.05) is 11.1 Å². The number of phenols is 1. The van der Waals surface area contributed by atoms with Crippen molar-refractivity contribution in [3.63, 3.8) is 0 Å². The molecule has 84 valence electrons. The maximum Gasteiger partial charge on any atom is 0.165 e. The van der Waals surface area contributed by atoms with Crippen LogP contribution in [-0.2, 0) is 6.42 Å². The van der Waals surface area contributed by atoms with E-state index < -0.39 is 11.6 Å². The number of rotatable bonds is 2. The number of nitrogens with zero attached hydrogens (tertiary/aromatic N) is 1. The van der Waals surface area contributed by atoms with E-state index in [9.17, 15) is 9.50 Å². The quantitative estimate of drug-likeness (QED) is 0.726. The van der Waals surface area contributed by atoms with Crippen LogP contribution in [0.25, 0.3) is 11.1 Å².